The Balaban J connectivity index is 1.82. The first kappa shape index (κ1) is 16.4. The number of nitrogens with zero attached hydrogens (tertiary/aromatic N) is 3. The van der Waals surface area contributed by atoms with E-state index in [-0.39, 0.29) is 6.54 Å². The van der Waals surface area contributed by atoms with Crippen LogP contribution in [0.2, 0.25) is 0 Å². The number of piperidine rings is 1. The van der Waals surface area contributed by atoms with Gasteiger partial charge in [-0.2, -0.15) is 17.4 Å². The van der Waals surface area contributed by atoms with Gasteiger partial charge in [0.2, 0.25) is 0 Å². The second-order valence-electron chi connectivity index (χ2n) is 5.43. The summed E-state index contributed by atoms with van der Waals surface area (Å²) in [6, 6.07) is 0. The van der Waals surface area contributed by atoms with E-state index in [1.165, 1.54) is 0 Å². The van der Waals surface area contributed by atoms with Crippen LogP contribution in [-0.2, 0) is 23.8 Å². The van der Waals surface area contributed by atoms with Gasteiger partial charge < -0.3 is 9.88 Å². The number of rotatable bonds is 7. The minimum absolute atomic E-state index is 0.225. The largest absolute Gasteiger partial charge is 0.337 e. The lowest BCUT2D eigenvalue weighted by atomic mass is 9.98. The zero-order valence-corrected chi connectivity index (χ0v) is 13.6. The first-order chi connectivity index (χ1) is 10.0. The Morgan fingerprint density at radius 1 is 1.38 bits per heavy atom. The highest BCUT2D eigenvalue weighted by Gasteiger charge is 2.27. The molecule has 0 amide bonds. The number of aryl methyl sites for hydroxylation is 1. The van der Waals surface area contributed by atoms with Gasteiger partial charge in [-0.05, 0) is 31.8 Å². The van der Waals surface area contributed by atoms with E-state index < -0.39 is 10.2 Å². The van der Waals surface area contributed by atoms with E-state index >= 15 is 0 Å². The van der Waals surface area contributed by atoms with Gasteiger partial charge in [0.25, 0.3) is 10.2 Å². The molecule has 1 aliphatic rings. The fourth-order valence-electron chi connectivity index (χ4n) is 2.52. The molecule has 0 saturated carbocycles. The SMILES string of the molecule is CCNCC1CCN(S(=O)(=O)NCc2nccn2C)CC1. The molecule has 2 rings (SSSR count). The summed E-state index contributed by atoms with van der Waals surface area (Å²) in [6.45, 7) is 5.43. The second kappa shape index (κ2) is 7.35. The van der Waals surface area contributed by atoms with Crippen LogP contribution in [0.1, 0.15) is 25.6 Å². The Labute approximate surface area is 126 Å². The van der Waals surface area contributed by atoms with Gasteiger partial charge in [-0.3, -0.25) is 0 Å². The Morgan fingerprint density at radius 2 is 2.10 bits per heavy atom. The van der Waals surface area contributed by atoms with E-state index in [1.807, 2.05) is 11.6 Å². The maximum atomic E-state index is 12.3. The molecule has 0 atom stereocenters. The lowest BCUT2D eigenvalue weighted by Crippen LogP contribution is -2.46. The molecule has 2 heterocycles. The van der Waals surface area contributed by atoms with Crippen molar-refractivity contribution < 1.29 is 8.42 Å². The molecule has 0 unspecified atom stereocenters. The van der Waals surface area contributed by atoms with Crippen LogP contribution >= 0.6 is 0 Å². The topological polar surface area (TPSA) is 79.3 Å². The zero-order valence-electron chi connectivity index (χ0n) is 12.7. The summed E-state index contributed by atoms with van der Waals surface area (Å²) in [4.78, 5) is 4.12. The average Bonchev–Trinajstić information content (AvgIpc) is 2.89. The highest BCUT2D eigenvalue weighted by atomic mass is 32.2. The predicted molar refractivity (Wildman–Crippen MR) is 81.8 cm³/mol. The van der Waals surface area contributed by atoms with Crippen molar-refractivity contribution in [2.75, 3.05) is 26.2 Å². The van der Waals surface area contributed by atoms with Crippen molar-refractivity contribution in [2.45, 2.75) is 26.3 Å². The first-order valence-corrected chi connectivity index (χ1v) is 8.88. The van der Waals surface area contributed by atoms with Gasteiger partial charge in [-0.15, -0.1) is 0 Å². The molecule has 1 fully saturated rings. The summed E-state index contributed by atoms with van der Waals surface area (Å²) in [5, 5.41) is 3.33. The predicted octanol–water partition coefficient (Wildman–Crippen LogP) is 0.0760. The maximum absolute atomic E-state index is 12.3. The van der Waals surface area contributed by atoms with E-state index in [4.69, 9.17) is 0 Å². The van der Waals surface area contributed by atoms with Crippen molar-refractivity contribution in [2.24, 2.45) is 13.0 Å². The van der Waals surface area contributed by atoms with Crippen molar-refractivity contribution in [3.8, 4) is 0 Å². The Morgan fingerprint density at radius 3 is 2.67 bits per heavy atom. The molecule has 1 aliphatic heterocycles. The molecule has 7 nitrogen and oxygen atoms in total. The molecule has 0 aromatic carbocycles. The first-order valence-electron chi connectivity index (χ1n) is 7.44. The highest BCUT2D eigenvalue weighted by Crippen LogP contribution is 2.18. The number of hydrogen-bond donors (Lipinski definition) is 2. The van der Waals surface area contributed by atoms with Crippen LogP contribution in [0.3, 0.4) is 0 Å². The van der Waals surface area contributed by atoms with Crippen LogP contribution in [0.15, 0.2) is 12.4 Å². The van der Waals surface area contributed by atoms with E-state index in [9.17, 15) is 8.42 Å². The molecule has 2 N–H and O–H groups in total. The summed E-state index contributed by atoms with van der Waals surface area (Å²) < 4.78 is 30.5. The quantitative estimate of drug-likeness (QED) is 0.747. The molecule has 1 aromatic heterocycles. The lowest BCUT2D eigenvalue weighted by Gasteiger charge is -2.31. The van der Waals surface area contributed by atoms with Gasteiger partial charge >= 0.3 is 0 Å². The lowest BCUT2D eigenvalue weighted by molar-refractivity contribution is 0.266. The molecule has 0 radical (unpaired) electrons. The second-order valence-corrected chi connectivity index (χ2v) is 7.19. The van der Waals surface area contributed by atoms with Crippen LogP contribution in [0.25, 0.3) is 0 Å². The van der Waals surface area contributed by atoms with Gasteiger partial charge in [0, 0.05) is 32.5 Å². The Kier molecular flexibility index (Phi) is 5.74. The molecular weight excluding hydrogens is 290 g/mol. The van der Waals surface area contributed by atoms with Crippen LogP contribution in [-0.4, -0.2) is 48.5 Å². The van der Waals surface area contributed by atoms with Crippen LogP contribution < -0.4 is 10.0 Å². The molecule has 21 heavy (non-hydrogen) atoms. The number of imidazole rings is 1. The third-order valence-electron chi connectivity index (χ3n) is 3.93. The number of hydrogen-bond acceptors (Lipinski definition) is 4. The third kappa shape index (κ3) is 4.50. The molecule has 8 heteroatoms. The summed E-state index contributed by atoms with van der Waals surface area (Å²) in [7, 11) is -1.56. The van der Waals surface area contributed by atoms with Crippen molar-refractivity contribution in [3.63, 3.8) is 0 Å². The summed E-state index contributed by atoms with van der Waals surface area (Å²) >= 11 is 0. The monoisotopic (exact) mass is 315 g/mol. The van der Waals surface area contributed by atoms with Gasteiger partial charge in [0.15, 0.2) is 0 Å². The summed E-state index contributed by atoms with van der Waals surface area (Å²) in [5.74, 6) is 1.28. The zero-order chi connectivity index (χ0) is 15.3. The van der Waals surface area contributed by atoms with E-state index in [0.29, 0.717) is 24.8 Å². The van der Waals surface area contributed by atoms with Crippen LogP contribution in [0.4, 0.5) is 0 Å². The van der Waals surface area contributed by atoms with Crippen molar-refractivity contribution in [1.82, 2.24) is 23.9 Å². The van der Waals surface area contributed by atoms with Crippen molar-refractivity contribution in [3.05, 3.63) is 18.2 Å². The number of aromatic nitrogens is 2. The molecule has 120 valence electrons. The summed E-state index contributed by atoms with van der Waals surface area (Å²) in [6.07, 6.45) is 5.29. The van der Waals surface area contributed by atoms with E-state index in [1.54, 1.807) is 16.7 Å². The van der Waals surface area contributed by atoms with Crippen LogP contribution in [0, 0.1) is 5.92 Å². The molecular formula is C13H25N5O2S. The Hall–Kier alpha value is -0.960. The van der Waals surface area contributed by atoms with Crippen molar-refractivity contribution in [1.29, 1.82) is 0 Å². The summed E-state index contributed by atoms with van der Waals surface area (Å²) in [5.41, 5.74) is 0. The highest BCUT2D eigenvalue weighted by molar-refractivity contribution is 7.87. The van der Waals surface area contributed by atoms with Gasteiger partial charge in [-0.25, -0.2) is 4.98 Å². The maximum Gasteiger partial charge on any atom is 0.279 e. The fourth-order valence-corrected chi connectivity index (χ4v) is 3.70. The molecule has 0 bridgehead atoms. The van der Waals surface area contributed by atoms with E-state index in [2.05, 4.69) is 21.9 Å². The smallest absolute Gasteiger partial charge is 0.279 e. The fraction of sp³-hybridized carbons (Fsp3) is 0.769. The normalized spacial score (nSPS) is 18.2. The number of nitrogens with one attached hydrogen (secondary N) is 2. The molecule has 0 spiro atoms. The van der Waals surface area contributed by atoms with Crippen LogP contribution in [0.5, 0.6) is 0 Å². The minimum atomic E-state index is -3.41. The van der Waals surface area contributed by atoms with Gasteiger partial charge in [0.1, 0.15) is 5.82 Å². The Bertz CT molecular complexity index is 535. The van der Waals surface area contributed by atoms with Gasteiger partial charge in [-0.1, -0.05) is 6.92 Å². The van der Waals surface area contributed by atoms with Gasteiger partial charge in [0.05, 0.1) is 6.54 Å². The van der Waals surface area contributed by atoms with E-state index in [0.717, 1.165) is 25.9 Å². The van der Waals surface area contributed by atoms with Crippen molar-refractivity contribution >= 4 is 10.2 Å². The average molecular weight is 315 g/mol. The molecule has 1 saturated heterocycles. The molecule has 0 aliphatic carbocycles. The minimum Gasteiger partial charge on any atom is -0.337 e. The third-order valence-corrected chi connectivity index (χ3v) is 5.48. The molecule has 1 aromatic rings. The standard InChI is InChI=1S/C13H25N5O2S/c1-3-14-10-12-4-7-18(8-5-12)21(19,20)16-11-13-15-6-9-17(13)2/h6,9,12,14,16H,3-5,7-8,10-11H2,1-2H3.